The second kappa shape index (κ2) is 3.79. The van der Waals surface area contributed by atoms with Crippen molar-refractivity contribution in [1.82, 2.24) is 0 Å². The van der Waals surface area contributed by atoms with Crippen molar-refractivity contribution in [1.29, 1.82) is 0 Å². The van der Waals surface area contributed by atoms with Gasteiger partial charge in [-0.05, 0) is 26.6 Å². The molecule has 0 aliphatic heterocycles. The van der Waals surface area contributed by atoms with Crippen LogP contribution in [-0.4, -0.2) is 16.4 Å². The van der Waals surface area contributed by atoms with E-state index >= 15 is 0 Å². The summed E-state index contributed by atoms with van der Waals surface area (Å²) in [4.78, 5) is 0. The van der Waals surface area contributed by atoms with Gasteiger partial charge in [0.25, 0.3) is 0 Å². The van der Waals surface area contributed by atoms with Crippen LogP contribution in [0.5, 0.6) is 0 Å². The lowest BCUT2D eigenvalue weighted by atomic mass is 10.7. The van der Waals surface area contributed by atoms with E-state index in [4.69, 9.17) is 4.43 Å². The molecule has 0 saturated carbocycles. The van der Waals surface area contributed by atoms with Gasteiger partial charge in [-0.15, -0.1) is 0 Å². The van der Waals surface area contributed by atoms with Crippen LogP contribution in [0.4, 0.5) is 0 Å². The zero-order valence-corrected chi connectivity index (χ0v) is 11.5. The normalized spacial score (nSPS) is 14.8. The Morgan fingerprint density at radius 2 is 1.42 bits per heavy atom. The van der Waals surface area contributed by atoms with Gasteiger partial charge in [-0.3, -0.25) is 0 Å². The first-order valence-electron chi connectivity index (χ1n) is 4.49. The smallest absolute Gasteiger partial charge is 0.241 e. The third kappa shape index (κ3) is 8.07. The van der Waals surface area contributed by atoms with Gasteiger partial charge in [0.15, 0.2) is 0 Å². The van der Waals surface area contributed by atoms with Crippen molar-refractivity contribution >= 4 is 16.4 Å². The largest absolute Gasteiger partial charge is 0.548 e. The molecule has 0 aromatic heterocycles. The molecule has 0 aromatic rings. The molecule has 0 heterocycles. The maximum Gasteiger partial charge on any atom is 0.241 e. The van der Waals surface area contributed by atoms with E-state index in [1.54, 1.807) is 0 Å². The Kier molecular flexibility index (Phi) is 3.78. The third-order valence-electron chi connectivity index (χ3n) is 1.10. The van der Waals surface area contributed by atoms with Gasteiger partial charge < -0.3 is 4.43 Å². The molecule has 0 radical (unpaired) electrons. The second-order valence-corrected chi connectivity index (χ2v) is 14.8. The van der Waals surface area contributed by atoms with E-state index in [9.17, 15) is 0 Å². The van der Waals surface area contributed by atoms with Gasteiger partial charge in [0.2, 0.25) is 8.32 Å². The van der Waals surface area contributed by atoms with Crippen LogP contribution in [0, 0.1) is 0 Å². The van der Waals surface area contributed by atoms with E-state index < -0.39 is 16.4 Å². The standard InChI is InChI=1S/C9H22OSi2/c1-9(8-11(2,3)4)10-12(5,6)7/h8H,1-7H3/b9-8+. The minimum absolute atomic E-state index is 1.08. The number of hydrogen-bond acceptors (Lipinski definition) is 1. The van der Waals surface area contributed by atoms with Crippen molar-refractivity contribution in [3.8, 4) is 0 Å². The molecule has 0 amide bonds. The summed E-state index contributed by atoms with van der Waals surface area (Å²) >= 11 is 0. The van der Waals surface area contributed by atoms with Gasteiger partial charge in [0.1, 0.15) is 0 Å². The highest BCUT2D eigenvalue weighted by atomic mass is 28.4. The summed E-state index contributed by atoms with van der Waals surface area (Å²) in [5.74, 6) is 1.13. The minimum Gasteiger partial charge on any atom is -0.548 e. The lowest BCUT2D eigenvalue weighted by Gasteiger charge is -2.21. The summed E-state index contributed by atoms with van der Waals surface area (Å²) in [6, 6.07) is 0. The van der Waals surface area contributed by atoms with Crippen LogP contribution >= 0.6 is 0 Å². The molecule has 72 valence electrons. The number of hydrogen-bond donors (Lipinski definition) is 0. The van der Waals surface area contributed by atoms with Crippen molar-refractivity contribution in [3.63, 3.8) is 0 Å². The highest BCUT2D eigenvalue weighted by Crippen LogP contribution is 2.13. The molecular weight excluding hydrogens is 180 g/mol. The van der Waals surface area contributed by atoms with Gasteiger partial charge in [0.05, 0.1) is 13.8 Å². The van der Waals surface area contributed by atoms with Gasteiger partial charge in [0, 0.05) is 0 Å². The molecule has 0 bridgehead atoms. The van der Waals surface area contributed by atoms with Crippen molar-refractivity contribution < 1.29 is 4.43 Å². The van der Waals surface area contributed by atoms with E-state index in [2.05, 4.69) is 51.9 Å². The van der Waals surface area contributed by atoms with E-state index in [0.717, 1.165) is 5.76 Å². The predicted molar refractivity (Wildman–Crippen MR) is 61.5 cm³/mol. The molecule has 0 unspecified atom stereocenters. The van der Waals surface area contributed by atoms with Gasteiger partial charge >= 0.3 is 0 Å². The van der Waals surface area contributed by atoms with Crippen molar-refractivity contribution in [3.05, 3.63) is 11.5 Å². The zero-order chi connectivity index (χ0) is 9.99. The molecule has 0 aliphatic carbocycles. The van der Waals surface area contributed by atoms with Crippen LogP contribution in [0.3, 0.4) is 0 Å². The summed E-state index contributed by atoms with van der Waals surface area (Å²) in [5.41, 5.74) is 2.32. The summed E-state index contributed by atoms with van der Waals surface area (Å²) in [6.07, 6.45) is 0. The van der Waals surface area contributed by atoms with Crippen LogP contribution in [-0.2, 0) is 4.43 Å². The molecule has 0 saturated heterocycles. The molecule has 12 heavy (non-hydrogen) atoms. The summed E-state index contributed by atoms with van der Waals surface area (Å²) < 4.78 is 5.85. The number of allylic oxidation sites excluding steroid dienone is 1. The van der Waals surface area contributed by atoms with Gasteiger partial charge in [-0.25, -0.2) is 0 Å². The Bertz CT molecular complexity index is 172. The molecular formula is C9H22OSi2. The van der Waals surface area contributed by atoms with Crippen LogP contribution in [0.2, 0.25) is 39.3 Å². The molecule has 0 spiro atoms. The first-order valence-corrected chi connectivity index (χ1v) is 11.5. The predicted octanol–water partition coefficient (Wildman–Crippen LogP) is 3.62. The van der Waals surface area contributed by atoms with Crippen LogP contribution in [0.25, 0.3) is 0 Å². The Morgan fingerprint density at radius 3 is 1.67 bits per heavy atom. The van der Waals surface area contributed by atoms with Gasteiger partial charge in [-0.2, -0.15) is 0 Å². The Labute approximate surface area is 79.0 Å². The first kappa shape index (κ1) is 12.0. The molecule has 1 nitrogen and oxygen atoms in total. The van der Waals surface area contributed by atoms with Crippen LogP contribution in [0.1, 0.15) is 6.92 Å². The highest BCUT2D eigenvalue weighted by Gasteiger charge is 2.17. The molecule has 0 aliphatic rings. The fourth-order valence-corrected chi connectivity index (χ4v) is 3.54. The van der Waals surface area contributed by atoms with Crippen molar-refractivity contribution in [2.45, 2.75) is 46.2 Å². The van der Waals surface area contributed by atoms with E-state index in [-0.39, 0.29) is 0 Å². The SMILES string of the molecule is C/C(=C\[Si](C)(C)C)O[Si](C)(C)C. The average molecular weight is 202 g/mol. The fourth-order valence-electron chi connectivity index (χ4n) is 1.12. The monoisotopic (exact) mass is 202 g/mol. The van der Waals surface area contributed by atoms with E-state index in [1.165, 1.54) is 0 Å². The van der Waals surface area contributed by atoms with E-state index in [0.29, 0.717) is 0 Å². The molecule has 0 rings (SSSR count). The van der Waals surface area contributed by atoms with Crippen molar-refractivity contribution in [2.75, 3.05) is 0 Å². The number of rotatable bonds is 3. The second-order valence-electron chi connectivity index (χ2n) is 5.34. The molecule has 0 N–H and O–H groups in total. The Balaban J connectivity index is 4.23. The lowest BCUT2D eigenvalue weighted by molar-refractivity contribution is 0.425. The quantitative estimate of drug-likeness (QED) is 0.502. The summed E-state index contributed by atoms with van der Waals surface area (Å²) in [5, 5.41) is 0. The summed E-state index contributed by atoms with van der Waals surface area (Å²) in [7, 11) is -2.45. The average Bonchev–Trinajstić information content (AvgIpc) is 1.49. The fraction of sp³-hybridized carbons (Fsp3) is 0.778. The Hall–Kier alpha value is -0.0262. The van der Waals surface area contributed by atoms with Crippen LogP contribution < -0.4 is 0 Å². The lowest BCUT2D eigenvalue weighted by Crippen LogP contribution is -2.26. The molecule has 0 fully saturated rings. The maximum atomic E-state index is 5.85. The molecule has 0 atom stereocenters. The van der Waals surface area contributed by atoms with Gasteiger partial charge in [-0.1, -0.05) is 25.3 Å². The zero-order valence-electron chi connectivity index (χ0n) is 9.49. The summed E-state index contributed by atoms with van der Waals surface area (Å²) in [6.45, 7) is 15.7. The maximum absolute atomic E-state index is 5.85. The first-order chi connectivity index (χ1) is 5.10. The molecule has 3 heteroatoms. The molecule has 0 aromatic carbocycles. The highest BCUT2D eigenvalue weighted by molar-refractivity contribution is 6.81. The Morgan fingerprint density at radius 1 is 1.00 bits per heavy atom. The van der Waals surface area contributed by atoms with Crippen LogP contribution in [0.15, 0.2) is 11.5 Å². The minimum atomic E-state index is -1.37. The van der Waals surface area contributed by atoms with Crippen molar-refractivity contribution in [2.24, 2.45) is 0 Å². The van der Waals surface area contributed by atoms with E-state index in [1.807, 2.05) is 0 Å². The topological polar surface area (TPSA) is 9.23 Å². The third-order valence-corrected chi connectivity index (χ3v) is 3.31.